The van der Waals surface area contributed by atoms with E-state index in [0.717, 1.165) is 44.8 Å². The molecule has 1 aliphatic heterocycles. The van der Waals surface area contributed by atoms with Crippen LogP contribution in [0.15, 0.2) is 19.0 Å². The molecule has 0 aromatic carbocycles. The molecule has 0 spiro atoms. The van der Waals surface area contributed by atoms with E-state index in [0.29, 0.717) is 5.92 Å². The third-order valence-electron chi connectivity index (χ3n) is 3.71. The second-order valence-electron chi connectivity index (χ2n) is 4.68. The first-order valence-electron chi connectivity index (χ1n) is 6.32. The number of aromatic nitrogens is 2. The van der Waals surface area contributed by atoms with Crippen molar-refractivity contribution < 1.29 is 0 Å². The third-order valence-corrected chi connectivity index (χ3v) is 3.71. The van der Waals surface area contributed by atoms with E-state index in [2.05, 4.69) is 26.8 Å². The van der Waals surface area contributed by atoms with Crippen molar-refractivity contribution in [2.75, 3.05) is 31.1 Å². The van der Waals surface area contributed by atoms with Gasteiger partial charge in [-0.05, 0) is 12.8 Å². The Labute approximate surface area is 126 Å². The minimum atomic E-state index is 0. The average Bonchev–Trinajstić information content (AvgIpc) is 2.82. The molecule has 4 nitrogen and oxygen atoms in total. The van der Waals surface area contributed by atoms with E-state index >= 15 is 0 Å². The third kappa shape index (κ3) is 3.02. The first kappa shape index (κ1) is 16.2. The summed E-state index contributed by atoms with van der Waals surface area (Å²) < 4.78 is 0. The van der Waals surface area contributed by atoms with Crippen molar-refractivity contribution >= 4 is 30.6 Å². The second kappa shape index (κ2) is 7.08. The Balaban J connectivity index is 0.000000902. The Morgan fingerprint density at radius 2 is 2.00 bits per heavy atom. The summed E-state index contributed by atoms with van der Waals surface area (Å²) in [7, 11) is 0. The largest absolute Gasteiger partial charge is 0.354 e. The fraction of sp³-hybridized carbons (Fsp3) is 0.538. The van der Waals surface area contributed by atoms with Crippen LogP contribution in [0, 0.1) is 0 Å². The van der Waals surface area contributed by atoms with Gasteiger partial charge in [0, 0.05) is 43.4 Å². The molecular weight excluding hydrogens is 283 g/mol. The first-order chi connectivity index (χ1) is 8.40. The van der Waals surface area contributed by atoms with Crippen LogP contribution in [0.3, 0.4) is 0 Å². The smallest absolute Gasteiger partial charge is 0.136 e. The summed E-state index contributed by atoms with van der Waals surface area (Å²) in [6.45, 7) is 8.09. The van der Waals surface area contributed by atoms with Gasteiger partial charge in [-0.25, -0.2) is 9.97 Å². The van der Waals surface area contributed by atoms with E-state index in [9.17, 15) is 0 Å². The van der Waals surface area contributed by atoms with Crippen LogP contribution in [0.5, 0.6) is 0 Å². The van der Waals surface area contributed by atoms with Gasteiger partial charge in [-0.15, -0.1) is 31.4 Å². The summed E-state index contributed by atoms with van der Waals surface area (Å²) in [5, 5.41) is 3.37. The number of nitrogens with one attached hydrogen (secondary N) is 1. The Bertz CT molecular complexity index is 433. The van der Waals surface area contributed by atoms with E-state index < -0.39 is 0 Å². The van der Waals surface area contributed by atoms with Gasteiger partial charge in [0.1, 0.15) is 12.1 Å². The summed E-state index contributed by atoms with van der Waals surface area (Å²) in [6.07, 6.45) is 5.95. The molecule has 1 atom stereocenters. The molecule has 1 fully saturated rings. The maximum absolute atomic E-state index is 4.51. The van der Waals surface area contributed by atoms with Crippen molar-refractivity contribution in [1.29, 1.82) is 0 Å². The average molecular weight is 303 g/mol. The number of halogens is 2. The standard InChI is InChI=1S/C13H18N4.2ClH/c1-2-10-3-4-11-12(10)13(16-9-15-11)17-7-5-14-6-8-17;;/h2,9-10,14H,1,3-8H2;2*1H. The minimum Gasteiger partial charge on any atom is -0.354 e. The van der Waals surface area contributed by atoms with E-state index in [1.165, 1.54) is 11.3 Å². The molecule has 1 aromatic rings. The van der Waals surface area contributed by atoms with Crippen molar-refractivity contribution in [3.63, 3.8) is 0 Å². The van der Waals surface area contributed by atoms with Gasteiger partial charge in [0.2, 0.25) is 0 Å². The molecule has 0 saturated carbocycles. The SMILES string of the molecule is C=CC1CCc2ncnc(N3CCNCC3)c21.Cl.Cl. The molecule has 1 saturated heterocycles. The first-order valence-corrected chi connectivity index (χ1v) is 6.32. The number of hydrogen-bond donors (Lipinski definition) is 1. The highest BCUT2D eigenvalue weighted by atomic mass is 35.5. The number of fused-ring (bicyclic) bond motifs is 1. The number of anilines is 1. The van der Waals surface area contributed by atoms with Gasteiger partial charge in [-0.3, -0.25) is 0 Å². The van der Waals surface area contributed by atoms with Gasteiger partial charge in [-0.1, -0.05) is 6.08 Å². The van der Waals surface area contributed by atoms with Gasteiger partial charge in [0.15, 0.2) is 0 Å². The molecule has 1 N–H and O–H groups in total. The Kier molecular flexibility index (Phi) is 6.04. The number of hydrogen-bond acceptors (Lipinski definition) is 4. The summed E-state index contributed by atoms with van der Waals surface area (Å²) >= 11 is 0. The molecule has 1 aliphatic carbocycles. The lowest BCUT2D eigenvalue weighted by molar-refractivity contribution is 0.582. The molecular formula is C13H20Cl2N4. The zero-order chi connectivity index (χ0) is 11.7. The molecule has 0 bridgehead atoms. The lowest BCUT2D eigenvalue weighted by atomic mass is 10.0. The highest BCUT2D eigenvalue weighted by molar-refractivity contribution is 5.85. The van der Waals surface area contributed by atoms with Crippen LogP contribution < -0.4 is 10.2 Å². The van der Waals surface area contributed by atoms with Crippen LogP contribution in [0.4, 0.5) is 5.82 Å². The summed E-state index contributed by atoms with van der Waals surface area (Å²) in [6, 6.07) is 0. The van der Waals surface area contributed by atoms with Gasteiger partial charge < -0.3 is 10.2 Å². The molecule has 2 aliphatic rings. The zero-order valence-electron chi connectivity index (χ0n) is 10.8. The van der Waals surface area contributed by atoms with Gasteiger partial charge in [-0.2, -0.15) is 0 Å². The van der Waals surface area contributed by atoms with Crippen molar-refractivity contribution in [3.8, 4) is 0 Å². The molecule has 1 aromatic heterocycles. The number of rotatable bonds is 2. The Morgan fingerprint density at radius 1 is 1.26 bits per heavy atom. The van der Waals surface area contributed by atoms with Crippen LogP contribution in [0.25, 0.3) is 0 Å². The zero-order valence-corrected chi connectivity index (χ0v) is 12.5. The molecule has 0 radical (unpaired) electrons. The van der Waals surface area contributed by atoms with E-state index in [1.54, 1.807) is 6.33 Å². The lowest BCUT2D eigenvalue weighted by Crippen LogP contribution is -2.44. The topological polar surface area (TPSA) is 41.1 Å². The summed E-state index contributed by atoms with van der Waals surface area (Å²) in [4.78, 5) is 11.3. The molecule has 106 valence electrons. The summed E-state index contributed by atoms with van der Waals surface area (Å²) in [5.74, 6) is 1.58. The van der Waals surface area contributed by atoms with E-state index in [-0.39, 0.29) is 24.8 Å². The fourth-order valence-electron chi connectivity index (χ4n) is 2.80. The van der Waals surface area contributed by atoms with Crippen molar-refractivity contribution in [2.24, 2.45) is 0 Å². The van der Waals surface area contributed by atoms with Crippen molar-refractivity contribution in [2.45, 2.75) is 18.8 Å². The predicted octanol–water partition coefficient (Wildman–Crippen LogP) is 1.95. The normalized spacial score (nSPS) is 21.1. The Hall–Kier alpha value is -0.840. The van der Waals surface area contributed by atoms with Crippen LogP contribution >= 0.6 is 24.8 Å². The second-order valence-corrected chi connectivity index (χ2v) is 4.68. The van der Waals surface area contributed by atoms with E-state index in [1.807, 2.05) is 6.08 Å². The fourth-order valence-corrected chi connectivity index (χ4v) is 2.80. The minimum absolute atomic E-state index is 0. The molecule has 6 heteroatoms. The molecule has 2 heterocycles. The lowest BCUT2D eigenvalue weighted by Gasteiger charge is -2.30. The highest BCUT2D eigenvalue weighted by Crippen LogP contribution is 2.37. The maximum atomic E-state index is 4.51. The quantitative estimate of drug-likeness (QED) is 0.848. The maximum Gasteiger partial charge on any atom is 0.136 e. The van der Waals surface area contributed by atoms with Crippen LogP contribution in [-0.4, -0.2) is 36.1 Å². The molecule has 0 amide bonds. The number of piperazine rings is 1. The van der Waals surface area contributed by atoms with Gasteiger partial charge in [0.05, 0.1) is 0 Å². The van der Waals surface area contributed by atoms with Gasteiger partial charge >= 0.3 is 0 Å². The number of allylic oxidation sites excluding steroid dienone is 1. The number of aryl methyl sites for hydroxylation is 1. The molecule has 1 unspecified atom stereocenters. The monoisotopic (exact) mass is 302 g/mol. The predicted molar refractivity (Wildman–Crippen MR) is 82.9 cm³/mol. The molecule has 19 heavy (non-hydrogen) atoms. The van der Waals surface area contributed by atoms with Crippen LogP contribution in [-0.2, 0) is 6.42 Å². The Morgan fingerprint density at radius 3 is 2.68 bits per heavy atom. The van der Waals surface area contributed by atoms with Crippen molar-refractivity contribution in [1.82, 2.24) is 15.3 Å². The van der Waals surface area contributed by atoms with E-state index in [4.69, 9.17) is 0 Å². The molecule has 3 rings (SSSR count). The highest BCUT2D eigenvalue weighted by Gasteiger charge is 2.28. The van der Waals surface area contributed by atoms with Crippen molar-refractivity contribution in [3.05, 3.63) is 30.2 Å². The van der Waals surface area contributed by atoms with Crippen LogP contribution in [0.2, 0.25) is 0 Å². The summed E-state index contributed by atoms with van der Waals surface area (Å²) in [5.41, 5.74) is 2.54. The van der Waals surface area contributed by atoms with Gasteiger partial charge in [0.25, 0.3) is 0 Å². The van der Waals surface area contributed by atoms with Crippen LogP contribution in [0.1, 0.15) is 23.6 Å². The number of nitrogens with zero attached hydrogens (tertiary/aromatic N) is 3.